The Hall–Kier alpha value is -1.87. The average molecular weight is 281 g/mol. The van der Waals surface area contributed by atoms with Crippen LogP contribution in [-0.2, 0) is 0 Å². The van der Waals surface area contributed by atoms with Gasteiger partial charge in [-0.05, 0) is 30.5 Å². The molecule has 1 saturated heterocycles. The molecule has 2 heterocycles. The highest BCUT2D eigenvalue weighted by Gasteiger charge is 2.24. The lowest BCUT2D eigenvalue weighted by Gasteiger charge is -2.19. The molecule has 1 aliphatic rings. The molecule has 0 amide bonds. The van der Waals surface area contributed by atoms with Crippen LogP contribution in [0.2, 0.25) is 0 Å². The van der Waals surface area contributed by atoms with Crippen LogP contribution in [0.15, 0.2) is 48.7 Å². The van der Waals surface area contributed by atoms with E-state index in [4.69, 9.17) is 5.73 Å². The van der Waals surface area contributed by atoms with E-state index in [1.807, 2.05) is 6.20 Å². The average Bonchev–Trinajstić information content (AvgIpc) is 3.05. The standard InChI is InChI=1S/C18H23N3/c1-2-17(19)18-9-8-16(12-20-18)21-11-10-15(13-21)14-6-4-3-5-7-14/h3-9,12,15,17H,2,10-11,13,19H2,1H3. The van der Waals surface area contributed by atoms with Crippen LogP contribution in [0, 0.1) is 0 Å². The molecule has 3 rings (SSSR count). The summed E-state index contributed by atoms with van der Waals surface area (Å²) in [7, 11) is 0. The van der Waals surface area contributed by atoms with Crippen molar-refractivity contribution in [3.63, 3.8) is 0 Å². The van der Waals surface area contributed by atoms with E-state index in [1.54, 1.807) is 0 Å². The van der Waals surface area contributed by atoms with Crippen molar-refractivity contribution in [1.82, 2.24) is 4.98 Å². The van der Waals surface area contributed by atoms with Gasteiger partial charge in [-0.1, -0.05) is 37.3 Å². The highest BCUT2D eigenvalue weighted by atomic mass is 15.2. The third kappa shape index (κ3) is 3.08. The molecule has 1 aromatic heterocycles. The van der Waals surface area contributed by atoms with Crippen LogP contribution >= 0.6 is 0 Å². The quantitative estimate of drug-likeness (QED) is 0.933. The fourth-order valence-corrected chi connectivity index (χ4v) is 3.01. The Morgan fingerprint density at radius 2 is 2.05 bits per heavy atom. The van der Waals surface area contributed by atoms with Gasteiger partial charge in [-0.25, -0.2) is 0 Å². The van der Waals surface area contributed by atoms with Crippen molar-refractivity contribution in [2.24, 2.45) is 5.73 Å². The third-order valence-electron chi connectivity index (χ3n) is 4.41. The first-order chi connectivity index (χ1) is 10.3. The number of nitrogens with zero attached hydrogens (tertiary/aromatic N) is 2. The Kier molecular flexibility index (Phi) is 4.20. The van der Waals surface area contributed by atoms with Gasteiger partial charge in [0.05, 0.1) is 17.6 Å². The predicted octanol–water partition coefficient (Wildman–Crippen LogP) is 3.49. The van der Waals surface area contributed by atoms with Gasteiger partial charge in [0, 0.05) is 25.0 Å². The van der Waals surface area contributed by atoms with Crippen molar-refractivity contribution in [1.29, 1.82) is 0 Å². The smallest absolute Gasteiger partial charge is 0.0572 e. The van der Waals surface area contributed by atoms with Crippen LogP contribution in [-0.4, -0.2) is 18.1 Å². The maximum atomic E-state index is 6.02. The fourth-order valence-electron chi connectivity index (χ4n) is 3.01. The molecule has 2 N–H and O–H groups in total. The molecule has 0 spiro atoms. The van der Waals surface area contributed by atoms with Crippen molar-refractivity contribution in [2.75, 3.05) is 18.0 Å². The van der Waals surface area contributed by atoms with Crippen LogP contribution in [0.3, 0.4) is 0 Å². The number of nitrogens with two attached hydrogens (primary N) is 1. The van der Waals surface area contributed by atoms with Gasteiger partial charge in [-0.3, -0.25) is 4.98 Å². The molecule has 110 valence electrons. The summed E-state index contributed by atoms with van der Waals surface area (Å²) < 4.78 is 0. The van der Waals surface area contributed by atoms with Gasteiger partial charge >= 0.3 is 0 Å². The summed E-state index contributed by atoms with van der Waals surface area (Å²) >= 11 is 0. The molecule has 0 radical (unpaired) electrons. The van der Waals surface area contributed by atoms with Crippen LogP contribution in [0.4, 0.5) is 5.69 Å². The number of benzene rings is 1. The second-order valence-electron chi connectivity index (χ2n) is 5.80. The molecular weight excluding hydrogens is 258 g/mol. The monoisotopic (exact) mass is 281 g/mol. The van der Waals surface area contributed by atoms with Crippen molar-refractivity contribution in [3.8, 4) is 0 Å². The van der Waals surface area contributed by atoms with Crippen LogP contribution in [0.1, 0.15) is 43.0 Å². The topological polar surface area (TPSA) is 42.1 Å². The lowest BCUT2D eigenvalue weighted by atomic mass is 9.99. The molecule has 3 heteroatoms. The summed E-state index contributed by atoms with van der Waals surface area (Å²) in [6, 6.07) is 15.1. The fraction of sp³-hybridized carbons (Fsp3) is 0.389. The molecular formula is C18H23N3. The van der Waals surface area contributed by atoms with Gasteiger partial charge in [-0.15, -0.1) is 0 Å². The van der Waals surface area contributed by atoms with E-state index in [1.165, 1.54) is 17.7 Å². The van der Waals surface area contributed by atoms with E-state index in [9.17, 15) is 0 Å². The Labute approximate surface area is 126 Å². The molecule has 2 atom stereocenters. The van der Waals surface area contributed by atoms with E-state index < -0.39 is 0 Å². The molecule has 0 aliphatic carbocycles. The van der Waals surface area contributed by atoms with Crippen LogP contribution < -0.4 is 10.6 Å². The lowest BCUT2D eigenvalue weighted by molar-refractivity contribution is 0.675. The molecule has 1 aliphatic heterocycles. The zero-order chi connectivity index (χ0) is 14.7. The molecule has 0 bridgehead atoms. The molecule has 1 fully saturated rings. The second kappa shape index (κ2) is 6.27. The zero-order valence-corrected chi connectivity index (χ0v) is 12.6. The third-order valence-corrected chi connectivity index (χ3v) is 4.41. The molecule has 3 nitrogen and oxygen atoms in total. The number of aromatic nitrogens is 1. The minimum atomic E-state index is 0.0506. The molecule has 1 aromatic carbocycles. The first kappa shape index (κ1) is 14.1. The maximum Gasteiger partial charge on any atom is 0.0572 e. The van der Waals surface area contributed by atoms with E-state index in [-0.39, 0.29) is 6.04 Å². The van der Waals surface area contributed by atoms with Crippen molar-refractivity contribution in [2.45, 2.75) is 31.7 Å². The Morgan fingerprint density at radius 3 is 2.71 bits per heavy atom. The summed E-state index contributed by atoms with van der Waals surface area (Å²) in [6.07, 6.45) is 4.10. The highest BCUT2D eigenvalue weighted by molar-refractivity contribution is 5.47. The van der Waals surface area contributed by atoms with Gasteiger partial charge in [0.1, 0.15) is 0 Å². The predicted molar refractivity (Wildman–Crippen MR) is 87.5 cm³/mol. The second-order valence-corrected chi connectivity index (χ2v) is 5.80. The van der Waals surface area contributed by atoms with Gasteiger partial charge in [-0.2, -0.15) is 0 Å². The van der Waals surface area contributed by atoms with E-state index in [0.717, 1.165) is 25.2 Å². The van der Waals surface area contributed by atoms with Gasteiger partial charge in [0.25, 0.3) is 0 Å². The number of hydrogen-bond acceptors (Lipinski definition) is 3. The van der Waals surface area contributed by atoms with Gasteiger partial charge < -0.3 is 10.6 Å². The summed E-state index contributed by atoms with van der Waals surface area (Å²) in [4.78, 5) is 6.95. The first-order valence-electron chi connectivity index (χ1n) is 7.79. The number of anilines is 1. The summed E-state index contributed by atoms with van der Waals surface area (Å²) in [5, 5.41) is 0. The Bertz CT molecular complexity index is 565. The number of hydrogen-bond donors (Lipinski definition) is 1. The van der Waals surface area contributed by atoms with Crippen molar-refractivity contribution < 1.29 is 0 Å². The van der Waals surface area contributed by atoms with Crippen LogP contribution in [0.25, 0.3) is 0 Å². The molecule has 21 heavy (non-hydrogen) atoms. The lowest BCUT2D eigenvalue weighted by Crippen LogP contribution is -2.20. The SMILES string of the molecule is CCC(N)c1ccc(N2CCC(c3ccccc3)C2)cn1. The van der Waals surface area contributed by atoms with E-state index >= 15 is 0 Å². The molecule has 2 aromatic rings. The minimum Gasteiger partial charge on any atom is -0.370 e. The van der Waals surface area contributed by atoms with Crippen molar-refractivity contribution in [3.05, 3.63) is 59.9 Å². The Balaban J connectivity index is 1.69. The normalized spacial score (nSPS) is 19.7. The zero-order valence-electron chi connectivity index (χ0n) is 12.6. The highest BCUT2D eigenvalue weighted by Crippen LogP contribution is 2.30. The Morgan fingerprint density at radius 1 is 1.24 bits per heavy atom. The summed E-state index contributed by atoms with van der Waals surface area (Å²) in [6.45, 7) is 4.26. The van der Waals surface area contributed by atoms with Crippen molar-refractivity contribution >= 4 is 5.69 Å². The van der Waals surface area contributed by atoms with E-state index in [0.29, 0.717) is 5.92 Å². The van der Waals surface area contributed by atoms with Crippen LogP contribution in [0.5, 0.6) is 0 Å². The van der Waals surface area contributed by atoms with Gasteiger partial charge in [0.2, 0.25) is 0 Å². The number of pyridine rings is 1. The maximum absolute atomic E-state index is 6.02. The first-order valence-corrected chi connectivity index (χ1v) is 7.79. The molecule has 0 saturated carbocycles. The minimum absolute atomic E-state index is 0.0506. The van der Waals surface area contributed by atoms with E-state index in [2.05, 4.69) is 59.3 Å². The largest absolute Gasteiger partial charge is 0.370 e. The summed E-state index contributed by atoms with van der Waals surface area (Å²) in [5.74, 6) is 0.628. The van der Waals surface area contributed by atoms with Gasteiger partial charge in [0.15, 0.2) is 0 Å². The molecule has 2 unspecified atom stereocenters. The summed E-state index contributed by atoms with van der Waals surface area (Å²) in [5.41, 5.74) is 9.66. The number of rotatable bonds is 4.